The summed E-state index contributed by atoms with van der Waals surface area (Å²) in [5.41, 5.74) is 10.2. The number of nitrogens with one attached hydrogen (secondary N) is 2. The molecule has 4 aromatic rings. The van der Waals surface area contributed by atoms with E-state index in [9.17, 15) is 27.6 Å². The van der Waals surface area contributed by atoms with E-state index in [0.717, 1.165) is 16.7 Å². The van der Waals surface area contributed by atoms with Gasteiger partial charge in [0.15, 0.2) is 5.82 Å². The number of rotatable bonds is 7. The molecule has 0 aliphatic heterocycles. The molecule has 0 saturated heterocycles. The van der Waals surface area contributed by atoms with E-state index in [2.05, 4.69) is 20.6 Å². The molecule has 204 valence electrons. The van der Waals surface area contributed by atoms with Crippen LogP contribution in [0.3, 0.4) is 0 Å². The Labute approximate surface area is 218 Å². The molecular formula is C25H24F3N7O4. The molecule has 4 rings (SSSR count). The number of carbonyl (C=O) groups excluding carboxylic acids is 1. The Kier molecular flexibility index (Phi) is 7.29. The summed E-state index contributed by atoms with van der Waals surface area (Å²) in [6.45, 7) is 3.01. The van der Waals surface area contributed by atoms with Gasteiger partial charge in [-0.15, -0.1) is 0 Å². The monoisotopic (exact) mass is 543 g/mol. The van der Waals surface area contributed by atoms with Gasteiger partial charge < -0.3 is 26.5 Å². The average molecular weight is 544 g/mol. The molecule has 2 aromatic carbocycles. The van der Waals surface area contributed by atoms with Crippen molar-refractivity contribution < 1.29 is 22.4 Å². The molecule has 0 fully saturated rings. The number of amides is 1. The summed E-state index contributed by atoms with van der Waals surface area (Å²) in [7, 11) is 0. The molecule has 0 unspecified atom stereocenters. The van der Waals surface area contributed by atoms with Crippen molar-refractivity contribution in [3.05, 3.63) is 74.6 Å². The number of halogens is 3. The highest BCUT2D eigenvalue weighted by molar-refractivity contribution is 5.86. The van der Waals surface area contributed by atoms with Crippen LogP contribution < -0.4 is 33.4 Å². The van der Waals surface area contributed by atoms with Crippen molar-refractivity contribution in [2.45, 2.75) is 39.2 Å². The minimum Gasteiger partial charge on any atom is -0.408 e. The van der Waals surface area contributed by atoms with E-state index in [1.165, 1.54) is 18.3 Å². The average Bonchev–Trinajstić information content (AvgIpc) is 2.83. The largest absolute Gasteiger partial charge is 0.441 e. The summed E-state index contributed by atoms with van der Waals surface area (Å²) < 4.78 is 46.3. The second kappa shape index (κ2) is 10.5. The van der Waals surface area contributed by atoms with Gasteiger partial charge in [-0.05, 0) is 49.7 Å². The molecule has 6 N–H and O–H groups in total. The maximum atomic E-state index is 13.4. The Balaban J connectivity index is 1.66. The molecular weight excluding hydrogens is 519 g/mol. The second-order valence-corrected chi connectivity index (χ2v) is 9.00. The molecule has 0 bridgehead atoms. The number of nitrogen functional groups attached to an aromatic ring is 2. The molecule has 2 aromatic heterocycles. The zero-order valence-corrected chi connectivity index (χ0v) is 20.8. The predicted molar refractivity (Wildman–Crippen MR) is 139 cm³/mol. The Bertz CT molecular complexity index is 1680. The fourth-order valence-corrected chi connectivity index (χ4v) is 3.86. The Morgan fingerprint density at radius 2 is 1.87 bits per heavy atom. The van der Waals surface area contributed by atoms with Gasteiger partial charge in [-0.2, -0.15) is 18.2 Å². The lowest BCUT2D eigenvalue weighted by atomic mass is 10.1. The van der Waals surface area contributed by atoms with Crippen LogP contribution in [0.2, 0.25) is 0 Å². The van der Waals surface area contributed by atoms with Crippen molar-refractivity contribution in [1.82, 2.24) is 19.9 Å². The third kappa shape index (κ3) is 6.17. The third-order valence-corrected chi connectivity index (χ3v) is 5.58. The van der Waals surface area contributed by atoms with E-state index in [1.54, 1.807) is 26.0 Å². The number of hydrogen-bond acceptors (Lipinski definition) is 9. The van der Waals surface area contributed by atoms with Crippen molar-refractivity contribution in [2.75, 3.05) is 16.8 Å². The van der Waals surface area contributed by atoms with Gasteiger partial charge in [-0.25, -0.2) is 9.78 Å². The number of anilines is 3. The highest BCUT2D eigenvalue weighted by Crippen LogP contribution is 2.34. The first-order chi connectivity index (χ1) is 18.3. The molecule has 39 heavy (non-hydrogen) atoms. The molecule has 0 saturated carbocycles. The molecule has 0 atom stereocenters. The van der Waals surface area contributed by atoms with Crippen LogP contribution in [0, 0.1) is 0 Å². The lowest BCUT2D eigenvalue weighted by Crippen LogP contribution is -2.35. The van der Waals surface area contributed by atoms with Crippen LogP contribution in [-0.4, -0.2) is 26.5 Å². The van der Waals surface area contributed by atoms with Crippen LogP contribution in [-0.2, 0) is 24.1 Å². The number of benzene rings is 2. The highest BCUT2D eigenvalue weighted by Gasteiger charge is 2.31. The van der Waals surface area contributed by atoms with Gasteiger partial charge in [-0.3, -0.25) is 14.2 Å². The van der Waals surface area contributed by atoms with Crippen LogP contribution in [0.5, 0.6) is 0 Å². The zero-order valence-electron chi connectivity index (χ0n) is 20.8. The van der Waals surface area contributed by atoms with Crippen molar-refractivity contribution in [2.24, 2.45) is 0 Å². The number of carbonyl (C=O) groups is 1. The van der Waals surface area contributed by atoms with Gasteiger partial charge in [0.25, 0.3) is 5.56 Å². The van der Waals surface area contributed by atoms with Gasteiger partial charge in [0.1, 0.15) is 17.9 Å². The molecule has 11 nitrogen and oxygen atoms in total. The van der Waals surface area contributed by atoms with Crippen LogP contribution >= 0.6 is 0 Å². The number of hydrogen-bond donors (Lipinski definition) is 4. The van der Waals surface area contributed by atoms with E-state index in [4.69, 9.17) is 15.9 Å². The van der Waals surface area contributed by atoms with Crippen LogP contribution in [0.25, 0.3) is 22.2 Å². The first kappa shape index (κ1) is 27.2. The first-order valence-electron chi connectivity index (χ1n) is 11.6. The maximum Gasteiger partial charge on any atom is 0.441 e. The molecule has 0 spiro atoms. The Morgan fingerprint density at radius 3 is 2.56 bits per heavy atom. The SMILES string of the molecule is CC(C)Nc1ncc(-c2cc(N)cc(C(F)(F)F)c2)n(CC(=O)NCc2ccc3c(N)nc(=O)oc3c2)c1=O. The number of fused-ring (bicyclic) bond motifs is 1. The van der Waals surface area contributed by atoms with Gasteiger partial charge >= 0.3 is 11.9 Å². The van der Waals surface area contributed by atoms with Crippen LogP contribution in [0.4, 0.5) is 30.5 Å². The lowest BCUT2D eigenvalue weighted by Gasteiger charge is -2.17. The lowest BCUT2D eigenvalue weighted by molar-refractivity contribution is -0.137. The smallest absolute Gasteiger partial charge is 0.408 e. The first-order valence-corrected chi connectivity index (χ1v) is 11.6. The van der Waals surface area contributed by atoms with Gasteiger partial charge in [0.2, 0.25) is 5.91 Å². The van der Waals surface area contributed by atoms with Crippen molar-refractivity contribution in [1.29, 1.82) is 0 Å². The molecule has 14 heteroatoms. The number of aromatic nitrogens is 3. The highest BCUT2D eigenvalue weighted by atomic mass is 19.4. The Hall–Kier alpha value is -4.88. The van der Waals surface area contributed by atoms with Crippen molar-refractivity contribution in [3.8, 4) is 11.3 Å². The molecule has 0 aliphatic carbocycles. The minimum atomic E-state index is -4.68. The molecule has 0 radical (unpaired) electrons. The molecule has 2 heterocycles. The van der Waals surface area contributed by atoms with Gasteiger partial charge in [0.05, 0.1) is 22.8 Å². The van der Waals surface area contributed by atoms with Gasteiger partial charge in [0, 0.05) is 23.8 Å². The summed E-state index contributed by atoms with van der Waals surface area (Å²) in [4.78, 5) is 45.2. The van der Waals surface area contributed by atoms with E-state index in [0.29, 0.717) is 10.9 Å². The maximum absolute atomic E-state index is 13.4. The van der Waals surface area contributed by atoms with Crippen molar-refractivity contribution in [3.63, 3.8) is 0 Å². The number of nitrogens with two attached hydrogens (primary N) is 2. The predicted octanol–water partition coefficient (Wildman–Crippen LogP) is 2.73. The third-order valence-electron chi connectivity index (χ3n) is 5.58. The zero-order chi connectivity index (χ0) is 28.5. The van der Waals surface area contributed by atoms with E-state index in [1.807, 2.05) is 0 Å². The van der Waals surface area contributed by atoms with Crippen LogP contribution in [0.1, 0.15) is 25.0 Å². The summed E-state index contributed by atoms with van der Waals surface area (Å²) in [5.74, 6) is -1.55. The van der Waals surface area contributed by atoms with Crippen molar-refractivity contribution >= 4 is 34.2 Å². The summed E-state index contributed by atoms with van der Waals surface area (Å²) in [5, 5.41) is 5.93. The van der Waals surface area contributed by atoms with Gasteiger partial charge in [-0.1, -0.05) is 6.07 Å². The normalized spacial score (nSPS) is 11.6. The fraction of sp³-hybridized carbons (Fsp3) is 0.240. The molecule has 1 amide bonds. The summed E-state index contributed by atoms with van der Waals surface area (Å²) in [6, 6.07) is 7.42. The standard InChI is InChI=1S/C25H24F3N7O4/c1-12(2)33-22-23(37)35(18(10-32-22)14-6-15(25(26,27)28)8-16(29)7-14)11-20(36)31-9-13-3-4-17-19(5-13)39-24(38)34-21(17)30/h3-8,10,12H,9,11,29H2,1-2H3,(H,31,36)(H,32,33)(H2,30,34,38). The molecule has 0 aliphatic rings. The van der Waals surface area contributed by atoms with E-state index < -0.39 is 35.5 Å². The number of alkyl halides is 3. The van der Waals surface area contributed by atoms with Crippen LogP contribution in [0.15, 0.2) is 56.6 Å². The van der Waals surface area contributed by atoms with E-state index in [-0.39, 0.29) is 46.8 Å². The number of nitrogens with zero attached hydrogens (tertiary/aromatic N) is 3. The van der Waals surface area contributed by atoms with E-state index >= 15 is 0 Å². The summed E-state index contributed by atoms with van der Waals surface area (Å²) in [6.07, 6.45) is -3.48. The quantitative estimate of drug-likeness (QED) is 0.256. The Morgan fingerprint density at radius 1 is 1.13 bits per heavy atom. The topological polar surface area (TPSA) is 171 Å². The summed E-state index contributed by atoms with van der Waals surface area (Å²) >= 11 is 0. The fourth-order valence-electron chi connectivity index (χ4n) is 3.86. The second-order valence-electron chi connectivity index (χ2n) is 9.00. The minimum absolute atomic E-state index is 0.00228.